The van der Waals surface area contributed by atoms with E-state index in [0.717, 1.165) is 19.3 Å². The van der Waals surface area contributed by atoms with Gasteiger partial charge in [0.25, 0.3) is 0 Å². The van der Waals surface area contributed by atoms with Gasteiger partial charge >= 0.3 is 5.97 Å². The van der Waals surface area contributed by atoms with Crippen LogP contribution >= 0.6 is 0 Å². The van der Waals surface area contributed by atoms with E-state index in [1.165, 1.54) is 0 Å². The predicted molar refractivity (Wildman–Crippen MR) is 49.2 cm³/mol. The fraction of sp³-hybridized carbons (Fsp3) is 0.700. The van der Waals surface area contributed by atoms with Crippen molar-refractivity contribution in [3.63, 3.8) is 0 Å². The smallest absolute Gasteiger partial charge is 0.308 e. The van der Waals surface area contributed by atoms with Gasteiger partial charge in [-0.25, -0.2) is 0 Å². The fourth-order valence-electron chi connectivity index (χ4n) is 1.34. The summed E-state index contributed by atoms with van der Waals surface area (Å²) >= 11 is 0. The molecule has 1 aliphatic carbocycles. The molecule has 0 aliphatic heterocycles. The van der Waals surface area contributed by atoms with E-state index in [0.29, 0.717) is 0 Å². The largest absolute Gasteiger partial charge is 0.458 e. The molecule has 1 aliphatic rings. The summed E-state index contributed by atoms with van der Waals surface area (Å²) in [4.78, 5) is 11.1. The quantitative estimate of drug-likeness (QED) is 0.533. The molecule has 3 nitrogen and oxygen atoms in total. The molecule has 0 aromatic carbocycles. The number of esters is 1. The van der Waals surface area contributed by atoms with Crippen molar-refractivity contribution >= 4 is 5.97 Å². The van der Waals surface area contributed by atoms with Crippen LogP contribution in [0, 0.1) is 0 Å². The Morgan fingerprint density at radius 3 is 3.08 bits per heavy atom. The normalized spacial score (nSPS) is 24.0. The Hall–Kier alpha value is -0.830. The average Bonchev–Trinajstić information content (AvgIpc) is 2.04. The Bertz CT molecular complexity index is 196. The topological polar surface area (TPSA) is 46.5 Å². The zero-order valence-corrected chi connectivity index (χ0v) is 7.90. The number of hydrogen-bond acceptors (Lipinski definition) is 3. The van der Waals surface area contributed by atoms with Gasteiger partial charge in [0.2, 0.25) is 0 Å². The lowest BCUT2D eigenvalue weighted by atomic mass is 10.1. The van der Waals surface area contributed by atoms with Crippen LogP contribution in [0.15, 0.2) is 12.2 Å². The summed E-state index contributed by atoms with van der Waals surface area (Å²) in [6, 6.07) is 0. The molecule has 13 heavy (non-hydrogen) atoms. The number of aliphatic hydroxyl groups is 1. The molecule has 0 fully saturated rings. The summed E-state index contributed by atoms with van der Waals surface area (Å²) in [7, 11) is 0. The van der Waals surface area contributed by atoms with Gasteiger partial charge in [-0.15, -0.1) is 0 Å². The van der Waals surface area contributed by atoms with Crippen molar-refractivity contribution in [2.75, 3.05) is 0 Å². The highest BCUT2D eigenvalue weighted by molar-refractivity contribution is 5.70. The molecular weight excluding hydrogens is 168 g/mol. The maximum atomic E-state index is 11.1. The summed E-state index contributed by atoms with van der Waals surface area (Å²) in [5, 5.41) is 8.93. The van der Waals surface area contributed by atoms with Crippen LogP contribution in [0.4, 0.5) is 0 Å². The zero-order valence-electron chi connectivity index (χ0n) is 7.90. The van der Waals surface area contributed by atoms with Gasteiger partial charge in [-0.2, -0.15) is 0 Å². The second-order valence-electron chi connectivity index (χ2n) is 3.44. The third-order valence-corrected chi connectivity index (χ3v) is 1.96. The van der Waals surface area contributed by atoms with E-state index in [-0.39, 0.29) is 18.5 Å². The van der Waals surface area contributed by atoms with Gasteiger partial charge in [-0.05, 0) is 32.3 Å². The van der Waals surface area contributed by atoms with E-state index in [1.54, 1.807) is 6.92 Å². The predicted octanol–water partition coefficient (Wildman–Crippen LogP) is 1.41. The van der Waals surface area contributed by atoms with Gasteiger partial charge in [-0.3, -0.25) is 4.79 Å². The first-order valence-corrected chi connectivity index (χ1v) is 4.72. The molecule has 0 saturated heterocycles. The van der Waals surface area contributed by atoms with Crippen molar-refractivity contribution in [1.29, 1.82) is 0 Å². The Balaban J connectivity index is 2.26. The van der Waals surface area contributed by atoms with Gasteiger partial charge in [0, 0.05) is 0 Å². The van der Waals surface area contributed by atoms with Crippen molar-refractivity contribution < 1.29 is 14.6 Å². The first-order chi connectivity index (χ1) is 6.18. The number of carbonyl (C=O) groups excluding carboxylic acids is 1. The molecule has 0 aromatic heterocycles. The minimum absolute atomic E-state index is 0.0694. The van der Waals surface area contributed by atoms with Crippen molar-refractivity contribution in [1.82, 2.24) is 0 Å². The summed E-state index contributed by atoms with van der Waals surface area (Å²) in [6.07, 6.45) is 6.41. The van der Waals surface area contributed by atoms with Gasteiger partial charge in [0.05, 0.1) is 12.5 Å². The third-order valence-electron chi connectivity index (χ3n) is 1.96. The number of carbonyl (C=O) groups is 1. The Labute approximate surface area is 78.4 Å². The van der Waals surface area contributed by atoms with Crippen molar-refractivity contribution in [3.8, 4) is 0 Å². The minimum atomic E-state index is -0.611. The first-order valence-electron chi connectivity index (χ1n) is 4.72. The zero-order chi connectivity index (χ0) is 9.68. The van der Waals surface area contributed by atoms with Crippen LogP contribution < -0.4 is 0 Å². The molecule has 0 heterocycles. The lowest BCUT2D eigenvalue weighted by molar-refractivity contribution is -0.149. The van der Waals surface area contributed by atoms with E-state index < -0.39 is 6.10 Å². The van der Waals surface area contributed by atoms with E-state index in [9.17, 15) is 4.79 Å². The van der Waals surface area contributed by atoms with Crippen LogP contribution in [0.25, 0.3) is 0 Å². The van der Waals surface area contributed by atoms with Crippen molar-refractivity contribution in [2.45, 2.75) is 44.8 Å². The molecular formula is C10H16O3. The van der Waals surface area contributed by atoms with Crippen LogP contribution in [0.5, 0.6) is 0 Å². The lowest BCUT2D eigenvalue weighted by Crippen LogP contribution is -2.20. The summed E-state index contributed by atoms with van der Waals surface area (Å²) < 4.78 is 5.12. The van der Waals surface area contributed by atoms with Gasteiger partial charge < -0.3 is 9.84 Å². The number of aliphatic hydroxyl groups excluding tert-OH is 1. The monoisotopic (exact) mass is 184 g/mol. The van der Waals surface area contributed by atoms with Gasteiger partial charge in [0.15, 0.2) is 0 Å². The summed E-state index contributed by atoms with van der Waals surface area (Å²) in [5.74, 6) is -0.313. The highest BCUT2D eigenvalue weighted by Crippen LogP contribution is 2.14. The SMILES string of the molecule is C[C@H](O)CC(=O)O[C@@H]1C=CCCC1. The molecule has 0 spiro atoms. The Morgan fingerprint density at radius 1 is 1.77 bits per heavy atom. The van der Waals surface area contributed by atoms with Crippen LogP contribution in [-0.4, -0.2) is 23.3 Å². The lowest BCUT2D eigenvalue weighted by Gasteiger charge is -2.17. The van der Waals surface area contributed by atoms with Gasteiger partial charge in [-0.1, -0.05) is 6.08 Å². The molecule has 0 unspecified atom stereocenters. The number of rotatable bonds is 3. The average molecular weight is 184 g/mol. The van der Waals surface area contributed by atoms with Crippen LogP contribution in [-0.2, 0) is 9.53 Å². The Kier molecular flexibility index (Phi) is 3.96. The molecule has 1 rings (SSSR count). The van der Waals surface area contributed by atoms with Crippen LogP contribution in [0.1, 0.15) is 32.6 Å². The van der Waals surface area contributed by atoms with Crippen molar-refractivity contribution in [3.05, 3.63) is 12.2 Å². The van der Waals surface area contributed by atoms with E-state index in [4.69, 9.17) is 9.84 Å². The molecule has 0 saturated carbocycles. The summed E-state index contributed by atoms with van der Waals surface area (Å²) in [6.45, 7) is 1.58. The van der Waals surface area contributed by atoms with E-state index in [1.807, 2.05) is 12.2 Å². The summed E-state index contributed by atoms with van der Waals surface area (Å²) in [5.41, 5.74) is 0. The minimum Gasteiger partial charge on any atom is -0.458 e. The maximum Gasteiger partial charge on any atom is 0.308 e. The maximum absolute atomic E-state index is 11.1. The standard InChI is InChI=1S/C10H16O3/c1-8(11)7-10(12)13-9-5-3-2-4-6-9/h3,5,8-9,11H,2,4,6-7H2,1H3/t8-,9+/m0/s1. The molecule has 74 valence electrons. The number of ether oxygens (including phenoxy) is 1. The molecule has 3 heteroatoms. The van der Waals surface area contributed by atoms with E-state index >= 15 is 0 Å². The fourth-order valence-corrected chi connectivity index (χ4v) is 1.34. The van der Waals surface area contributed by atoms with Gasteiger partial charge in [0.1, 0.15) is 6.10 Å². The number of allylic oxidation sites excluding steroid dienone is 1. The molecule has 2 atom stereocenters. The van der Waals surface area contributed by atoms with Crippen LogP contribution in [0.2, 0.25) is 0 Å². The molecule has 0 bridgehead atoms. The number of hydrogen-bond donors (Lipinski definition) is 1. The highest BCUT2D eigenvalue weighted by atomic mass is 16.5. The molecule has 1 N–H and O–H groups in total. The first kappa shape index (κ1) is 10.3. The molecule has 0 amide bonds. The molecule has 0 radical (unpaired) electrons. The Morgan fingerprint density at radius 2 is 2.54 bits per heavy atom. The second-order valence-corrected chi connectivity index (χ2v) is 3.44. The third kappa shape index (κ3) is 4.08. The van der Waals surface area contributed by atoms with E-state index in [2.05, 4.69) is 0 Å². The van der Waals surface area contributed by atoms with Crippen molar-refractivity contribution in [2.24, 2.45) is 0 Å². The second kappa shape index (κ2) is 5.02. The highest BCUT2D eigenvalue weighted by Gasteiger charge is 2.14. The molecule has 0 aromatic rings. The van der Waals surface area contributed by atoms with Crippen LogP contribution in [0.3, 0.4) is 0 Å².